The highest BCUT2D eigenvalue weighted by Crippen LogP contribution is 2.39. The second kappa shape index (κ2) is 6.10. The molecule has 0 spiro atoms. The molecule has 0 radical (unpaired) electrons. The maximum Gasteiger partial charge on any atom is 0.245 e. The lowest BCUT2D eigenvalue weighted by Crippen LogP contribution is -2.58. The molecule has 2 unspecified atom stereocenters. The van der Waals surface area contributed by atoms with Gasteiger partial charge in [-0.05, 0) is 18.1 Å². The van der Waals surface area contributed by atoms with E-state index in [0.29, 0.717) is 12.5 Å². The SMILES string of the molecule is CCCC1NC(=O)CN(CC2CSc3ccccc32)C1=O. The number of thioether (sulfide) groups is 1. The summed E-state index contributed by atoms with van der Waals surface area (Å²) in [6.07, 6.45) is 1.61. The first-order chi connectivity index (χ1) is 10.2. The molecule has 4 nitrogen and oxygen atoms in total. The Labute approximate surface area is 129 Å². The quantitative estimate of drug-likeness (QED) is 0.925. The first kappa shape index (κ1) is 14.4. The lowest BCUT2D eigenvalue weighted by molar-refractivity contribution is -0.144. The topological polar surface area (TPSA) is 49.4 Å². The van der Waals surface area contributed by atoms with Gasteiger partial charge >= 0.3 is 0 Å². The van der Waals surface area contributed by atoms with Crippen LogP contribution in [0.2, 0.25) is 0 Å². The van der Waals surface area contributed by atoms with Crippen molar-refractivity contribution in [1.29, 1.82) is 0 Å². The molecule has 0 bridgehead atoms. The average Bonchev–Trinajstić information content (AvgIpc) is 2.88. The minimum Gasteiger partial charge on any atom is -0.343 e. The first-order valence-corrected chi connectivity index (χ1v) is 8.47. The molecule has 1 aromatic rings. The Morgan fingerprint density at radius 3 is 2.95 bits per heavy atom. The second-order valence-corrected chi connectivity index (χ2v) is 6.74. The van der Waals surface area contributed by atoms with Crippen LogP contribution in [-0.4, -0.2) is 41.6 Å². The molecule has 21 heavy (non-hydrogen) atoms. The smallest absolute Gasteiger partial charge is 0.245 e. The Hall–Kier alpha value is -1.49. The molecule has 2 aliphatic heterocycles. The average molecular weight is 304 g/mol. The van der Waals surface area contributed by atoms with Crippen LogP contribution in [0.15, 0.2) is 29.2 Å². The van der Waals surface area contributed by atoms with Crippen molar-refractivity contribution in [3.05, 3.63) is 29.8 Å². The van der Waals surface area contributed by atoms with Crippen LogP contribution in [0.5, 0.6) is 0 Å². The van der Waals surface area contributed by atoms with E-state index in [0.717, 1.165) is 18.6 Å². The largest absolute Gasteiger partial charge is 0.343 e. The Morgan fingerprint density at radius 1 is 1.33 bits per heavy atom. The Balaban J connectivity index is 1.72. The number of hydrogen-bond donors (Lipinski definition) is 1. The second-order valence-electron chi connectivity index (χ2n) is 5.67. The van der Waals surface area contributed by atoms with Crippen LogP contribution in [0.25, 0.3) is 0 Å². The maximum atomic E-state index is 12.5. The zero-order valence-corrected chi connectivity index (χ0v) is 13.0. The van der Waals surface area contributed by atoms with Gasteiger partial charge in [0, 0.05) is 23.1 Å². The van der Waals surface area contributed by atoms with Gasteiger partial charge in [-0.15, -0.1) is 11.8 Å². The van der Waals surface area contributed by atoms with E-state index in [1.54, 1.807) is 4.90 Å². The zero-order valence-electron chi connectivity index (χ0n) is 12.2. The summed E-state index contributed by atoms with van der Waals surface area (Å²) in [7, 11) is 0. The number of nitrogens with zero attached hydrogens (tertiary/aromatic N) is 1. The summed E-state index contributed by atoms with van der Waals surface area (Å²) in [6, 6.07) is 8.02. The van der Waals surface area contributed by atoms with Gasteiger partial charge in [-0.3, -0.25) is 9.59 Å². The van der Waals surface area contributed by atoms with Gasteiger partial charge < -0.3 is 10.2 Å². The van der Waals surface area contributed by atoms with Crippen molar-refractivity contribution < 1.29 is 9.59 Å². The van der Waals surface area contributed by atoms with E-state index >= 15 is 0 Å². The molecular formula is C16H20N2O2S. The van der Waals surface area contributed by atoms with Gasteiger partial charge in [-0.1, -0.05) is 31.5 Å². The molecule has 1 fully saturated rings. The number of rotatable bonds is 4. The van der Waals surface area contributed by atoms with Gasteiger partial charge in [0.25, 0.3) is 0 Å². The molecule has 0 aliphatic carbocycles. The number of carbonyl (C=O) groups excluding carboxylic acids is 2. The van der Waals surface area contributed by atoms with Crippen LogP contribution in [0.4, 0.5) is 0 Å². The summed E-state index contributed by atoms with van der Waals surface area (Å²) in [5.74, 6) is 1.37. The summed E-state index contributed by atoms with van der Waals surface area (Å²) in [5, 5.41) is 2.81. The van der Waals surface area contributed by atoms with E-state index in [1.165, 1.54) is 10.5 Å². The molecule has 0 aromatic heterocycles. The van der Waals surface area contributed by atoms with Crippen molar-refractivity contribution in [2.45, 2.75) is 36.6 Å². The van der Waals surface area contributed by atoms with Crippen molar-refractivity contribution in [2.75, 3.05) is 18.8 Å². The first-order valence-electron chi connectivity index (χ1n) is 7.49. The van der Waals surface area contributed by atoms with Crippen LogP contribution >= 0.6 is 11.8 Å². The molecule has 1 aromatic carbocycles. The lowest BCUT2D eigenvalue weighted by atomic mass is 9.99. The molecule has 1 N–H and O–H groups in total. The van der Waals surface area contributed by atoms with Gasteiger partial charge in [0.05, 0.1) is 6.54 Å². The summed E-state index contributed by atoms with van der Waals surface area (Å²) in [5.41, 5.74) is 1.31. The van der Waals surface area contributed by atoms with Crippen molar-refractivity contribution in [1.82, 2.24) is 10.2 Å². The highest BCUT2D eigenvalue weighted by molar-refractivity contribution is 7.99. The third-order valence-corrected chi connectivity index (χ3v) is 5.35. The molecule has 2 aliphatic rings. The Kier molecular flexibility index (Phi) is 4.19. The summed E-state index contributed by atoms with van der Waals surface area (Å²) in [6.45, 7) is 2.88. The fourth-order valence-corrected chi connectivity index (χ4v) is 4.30. The molecule has 2 atom stereocenters. The van der Waals surface area contributed by atoms with Gasteiger partial charge in [0.1, 0.15) is 6.04 Å². The summed E-state index contributed by atoms with van der Waals surface area (Å²) < 4.78 is 0. The van der Waals surface area contributed by atoms with E-state index in [9.17, 15) is 9.59 Å². The predicted octanol–water partition coefficient (Wildman–Crippen LogP) is 2.00. The molecule has 1 saturated heterocycles. The van der Waals surface area contributed by atoms with E-state index in [4.69, 9.17) is 0 Å². The number of nitrogens with one attached hydrogen (secondary N) is 1. The highest BCUT2D eigenvalue weighted by Gasteiger charge is 2.34. The maximum absolute atomic E-state index is 12.5. The fraction of sp³-hybridized carbons (Fsp3) is 0.500. The Morgan fingerprint density at radius 2 is 2.14 bits per heavy atom. The van der Waals surface area contributed by atoms with Gasteiger partial charge in [0.2, 0.25) is 11.8 Å². The molecule has 3 rings (SSSR count). The van der Waals surface area contributed by atoms with Crippen LogP contribution in [0.1, 0.15) is 31.2 Å². The van der Waals surface area contributed by atoms with E-state index in [2.05, 4.69) is 17.4 Å². The van der Waals surface area contributed by atoms with E-state index < -0.39 is 0 Å². The third kappa shape index (κ3) is 2.93. The van der Waals surface area contributed by atoms with Gasteiger partial charge in [-0.2, -0.15) is 0 Å². The Bertz CT molecular complexity index is 561. The fourth-order valence-electron chi connectivity index (χ4n) is 3.06. The normalized spacial score (nSPS) is 24.9. The monoisotopic (exact) mass is 304 g/mol. The molecular weight excluding hydrogens is 284 g/mol. The number of carbonyl (C=O) groups is 2. The van der Waals surface area contributed by atoms with Crippen LogP contribution in [0, 0.1) is 0 Å². The molecule has 2 heterocycles. The van der Waals surface area contributed by atoms with Crippen LogP contribution in [-0.2, 0) is 9.59 Å². The minimum atomic E-state index is -0.333. The number of benzene rings is 1. The summed E-state index contributed by atoms with van der Waals surface area (Å²) in [4.78, 5) is 27.3. The van der Waals surface area contributed by atoms with Gasteiger partial charge in [0.15, 0.2) is 0 Å². The lowest BCUT2D eigenvalue weighted by Gasteiger charge is -2.34. The highest BCUT2D eigenvalue weighted by atomic mass is 32.2. The number of fused-ring (bicyclic) bond motifs is 1. The number of hydrogen-bond acceptors (Lipinski definition) is 3. The van der Waals surface area contributed by atoms with Crippen molar-refractivity contribution >= 4 is 23.6 Å². The van der Waals surface area contributed by atoms with Crippen molar-refractivity contribution in [2.24, 2.45) is 0 Å². The zero-order chi connectivity index (χ0) is 14.8. The van der Waals surface area contributed by atoms with Crippen LogP contribution in [0.3, 0.4) is 0 Å². The van der Waals surface area contributed by atoms with E-state index in [1.807, 2.05) is 30.8 Å². The number of amides is 2. The predicted molar refractivity (Wildman–Crippen MR) is 83.3 cm³/mol. The van der Waals surface area contributed by atoms with Crippen molar-refractivity contribution in [3.63, 3.8) is 0 Å². The minimum absolute atomic E-state index is 0.0352. The third-order valence-electron chi connectivity index (χ3n) is 4.10. The summed E-state index contributed by atoms with van der Waals surface area (Å²) >= 11 is 1.84. The molecule has 2 amide bonds. The molecule has 112 valence electrons. The van der Waals surface area contributed by atoms with E-state index in [-0.39, 0.29) is 24.4 Å². The number of piperazine rings is 1. The molecule has 0 saturated carbocycles. The molecule has 5 heteroatoms. The van der Waals surface area contributed by atoms with Crippen LogP contribution < -0.4 is 5.32 Å². The standard InChI is InChI=1S/C16H20N2O2S/c1-2-5-13-16(20)18(9-15(19)17-13)8-11-10-21-14-7-4-3-6-12(11)14/h3-4,6-7,11,13H,2,5,8-10H2,1H3,(H,17,19). The van der Waals surface area contributed by atoms with Gasteiger partial charge in [-0.25, -0.2) is 0 Å². The van der Waals surface area contributed by atoms with Crippen molar-refractivity contribution in [3.8, 4) is 0 Å².